The number of unbranched alkanes of at least 4 members (excludes halogenated alkanes) is 1. The zero-order valence-corrected chi connectivity index (χ0v) is 26.3. The van der Waals surface area contributed by atoms with Gasteiger partial charge in [0.2, 0.25) is 41.4 Å². The summed E-state index contributed by atoms with van der Waals surface area (Å²) in [5.74, 6) is -7.83. The lowest BCUT2D eigenvalue weighted by Gasteiger charge is -2.24. The van der Waals surface area contributed by atoms with Crippen molar-refractivity contribution in [2.75, 3.05) is 19.7 Å². The van der Waals surface area contributed by atoms with Gasteiger partial charge in [0.25, 0.3) is 0 Å². The Labute approximate surface area is 276 Å². The van der Waals surface area contributed by atoms with E-state index in [9.17, 15) is 43.5 Å². The van der Waals surface area contributed by atoms with Crippen molar-refractivity contribution in [3.8, 4) is 0 Å². The van der Waals surface area contributed by atoms with E-state index in [1.165, 1.54) is 0 Å². The minimum Gasteiger partial charge on any atom is -0.480 e. The highest BCUT2D eigenvalue weighted by Crippen LogP contribution is 2.06. The van der Waals surface area contributed by atoms with Crippen LogP contribution in [0.5, 0.6) is 0 Å². The summed E-state index contributed by atoms with van der Waals surface area (Å²) in [5.41, 5.74) is 22.7. The molecule has 0 fully saturated rings. The molecular formula is C29H45N9O10. The Morgan fingerprint density at radius 3 is 1.83 bits per heavy atom. The number of hydrogen-bond acceptors (Lipinski definition) is 11. The zero-order valence-electron chi connectivity index (χ0n) is 26.3. The van der Waals surface area contributed by atoms with Crippen molar-refractivity contribution < 1.29 is 48.6 Å². The van der Waals surface area contributed by atoms with Crippen molar-refractivity contribution in [3.63, 3.8) is 0 Å². The number of aliphatic hydroxyl groups excluding tert-OH is 1. The van der Waals surface area contributed by atoms with E-state index in [-0.39, 0.29) is 32.2 Å². The molecule has 0 saturated heterocycles. The van der Waals surface area contributed by atoms with E-state index >= 15 is 0 Å². The number of aliphatic carboxylic acids is 1. The van der Waals surface area contributed by atoms with Crippen molar-refractivity contribution in [1.82, 2.24) is 26.6 Å². The first-order valence-electron chi connectivity index (χ1n) is 15.1. The molecule has 0 radical (unpaired) electrons. The number of aliphatic hydroxyl groups is 1. The number of nitrogens with one attached hydrogen (secondary N) is 5. The molecule has 1 rings (SSSR count). The van der Waals surface area contributed by atoms with Gasteiger partial charge in [0.1, 0.15) is 24.2 Å². The number of nitrogens with two attached hydrogens (primary N) is 4. The molecular weight excluding hydrogens is 634 g/mol. The van der Waals surface area contributed by atoms with E-state index in [0.717, 1.165) is 5.56 Å². The molecule has 0 aromatic heterocycles. The maximum Gasteiger partial charge on any atom is 0.328 e. The molecule has 19 nitrogen and oxygen atoms in total. The summed E-state index contributed by atoms with van der Waals surface area (Å²) in [6.07, 6.45) is -0.292. The molecule has 7 amide bonds. The summed E-state index contributed by atoms with van der Waals surface area (Å²) in [4.78, 5) is 98.5. The molecule has 0 spiro atoms. The second-order valence-corrected chi connectivity index (χ2v) is 10.8. The van der Waals surface area contributed by atoms with Gasteiger partial charge in [0.15, 0.2) is 0 Å². The second-order valence-electron chi connectivity index (χ2n) is 10.8. The summed E-state index contributed by atoms with van der Waals surface area (Å²) >= 11 is 0. The number of carboxylic acid groups (broad SMARTS) is 1. The fraction of sp³-hybridized carbons (Fsp3) is 0.517. The molecule has 0 aliphatic carbocycles. The Morgan fingerprint density at radius 2 is 1.29 bits per heavy atom. The molecule has 0 aliphatic rings. The van der Waals surface area contributed by atoms with Gasteiger partial charge < -0.3 is 59.7 Å². The molecule has 48 heavy (non-hydrogen) atoms. The molecule has 1 aromatic carbocycles. The number of carboxylic acids is 1. The van der Waals surface area contributed by atoms with Gasteiger partial charge in [-0.1, -0.05) is 30.3 Å². The summed E-state index contributed by atoms with van der Waals surface area (Å²) in [7, 11) is 0. The second kappa shape index (κ2) is 21.6. The molecule has 266 valence electrons. The fourth-order valence-corrected chi connectivity index (χ4v) is 4.23. The van der Waals surface area contributed by atoms with Crippen molar-refractivity contribution >= 4 is 47.3 Å². The first-order chi connectivity index (χ1) is 22.7. The van der Waals surface area contributed by atoms with Gasteiger partial charge in [0.05, 0.1) is 25.6 Å². The van der Waals surface area contributed by atoms with Crippen LogP contribution in [0.1, 0.15) is 44.1 Å². The van der Waals surface area contributed by atoms with Crippen LogP contribution in [0.4, 0.5) is 0 Å². The SMILES string of the molecule is NCCCC[C@H](NC(=O)CNC(=O)[C@H](CC(N)=O)NC(=O)[C@H](CCC(N)=O)NC(=O)[C@@H](N)Cc1ccccc1)C(=O)N[C@@H](CO)C(=O)O. The van der Waals surface area contributed by atoms with E-state index in [1.54, 1.807) is 30.3 Å². The van der Waals surface area contributed by atoms with Crippen LogP contribution in [-0.2, 0) is 44.8 Å². The third-order valence-corrected chi connectivity index (χ3v) is 6.80. The topological polar surface area (TPSA) is 341 Å². The molecule has 19 heteroatoms. The average Bonchev–Trinajstić information content (AvgIpc) is 3.03. The highest BCUT2D eigenvalue weighted by molar-refractivity contribution is 5.97. The lowest BCUT2D eigenvalue weighted by atomic mass is 10.0. The predicted molar refractivity (Wildman–Crippen MR) is 169 cm³/mol. The van der Waals surface area contributed by atoms with E-state index in [2.05, 4.69) is 26.6 Å². The zero-order chi connectivity index (χ0) is 36.2. The normalized spacial score (nSPS) is 13.8. The molecule has 0 bridgehead atoms. The van der Waals surface area contributed by atoms with Crippen LogP contribution < -0.4 is 49.5 Å². The van der Waals surface area contributed by atoms with Gasteiger partial charge in [0, 0.05) is 6.42 Å². The first-order valence-corrected chi connectivity index (χ1v) is 15.1. The fourth-order valence-electron chi connectivity index (χ4n) is 4.23. The smallest absolute Gasteiger partial charge is 0.328 e. The molecule has 0 unspecified atom stereocenters. The first kappa shape index (κ1) is 40.9. The molecule has 1 aromatic rings. The minimum atomic E-state index is -1.63. The van der Waals surface area contributed by atoms with Gasteiger partial charge in [-0.05, 0) is 44.2 Å². The van der Waals surface area contributed by atoms with Gasteiger partial charge in [-0.15, -0.1) is 0 Å². The Balaban J connectivity index is 2.96. The number of amides is 7. The van der Waals surface area contributed by atoms with Gasteiger partial charge in [-0.25, -0.2) is 4.79 Å². The minimum absolute atomic E-state index is 0.0499. The quantitative estimate of drug-likeness (QED) is 0.0484. The molecule has 15 N–H and O–H groups in total. The summed E-state index contributed by atoms with van der Waals surface area (Å²) in [5, 5.41) is 29.7. The highest BCUT2D eigenvalue weighted by atomic mass is 16.4. The summed E-state index contributed by atoms with van der Waals surface area (Å²) in [6.45, 7) is -1.36. The molecule has 0 saturated carbocycles. The van der Waals surface area contributed by atoms with Crippen LogP contribution >= 0.6 is 0 Å². The van der Waals surface area contributed by atoms with Crippen LogP contribution in [-0.4, -0.2) is 107 Å². The number of hydrogen-bond donors (Lipinski definition) is 11. The van der Waals surface area contributed by atoms with Gasteiger partial charge in [-0.3, -0.25) is 33.6 Å². The van der Waals surface area contributed by atoms with E-state index in [0.29, 0.717) is 12.8 Å². The molecule has 5 atom stereocenters. The van der Waals surface area contributed by atoms with Crippen molar-refractivity contribution in [2.24, 2.45) is 22.9 Å². The molecule has 0 heterocycles. The predicted octanol–water partition coefficient (Wildman–Crippen LogP) is -5.04. The summed E-state index contributed by atoms with van der Waals surface area (Å²) in [6, 6.07) is 1.80. The monoisotopic (exact) mass is 679 g/mol. The molecule has 0 aliphatic heterocycles. The van der Waals surface area contributed by atoms with Crippen molar-refractivity contribution in [1.29, 1.82) is 0 Å². The Hall–Kier alpha value is -5.14. The van der Waals surface area contributed by atoms with E-state index in [1.807, 2.05) is 0 Å². The summed E-state index contributed by atoms with van der Waals surface area (Å²) < 4.78 is 0. The lowest BCUT2D eigenvalue weighted by molar-refractivity contribution is -0.143. The van der Waals surface area contributed by atoms with E-state index < -0.39 is 97.1 Å². The van der Waals surface area contributed by atoms with Crippen LogP contribution in [0.15, 0.2) is 30.3 Å². The Kier molecular flexibility index (Phi) is 18.4. The maximum atomic E-state index is 13.2. The van der Waals surface area contributed by atoms with Crippen molar-refractivity contribution in [3.05, 3.63) is 35.9 Å². The average molecular weight is 680 g/mol. The van der Waals surface area contributed by atoms with Crippen LogP contribution in [0.3, 0.4) is 0 Å². The third kappa shape index (κ3) is 15.9. The number of rotatable bonds is 23. The number of carbonyl (C=O) groups is 8. The van der Waals surface area contributed by atoms with Crippen LogP contribution in [0, 0.1) is 0 Å². The van der Waals surface area contributed by atoms with E-state index in [4.69, 9.17) is 28.0 Å². The number of primary amides is 2. The largest absolute Gasteiger partial charge is 0.480 e. The maximum absolute atomic E-state index is 13.2. The van der Waals surface area contributed by atoms with Crippen molar-refractivity contribution in [2.45, 2.75) is 75.2 Å². The Morgan fingerprint density at radius 1 is 0.708 bits per heavy atom. The Bertz CT molecular complexity index is 1280. The lowest BCUT2D eigenvalue weighted by Crippen LogP contribution is -2.57. The number of benzene rings is 1. The van der Waals surface area contributed by atoms with Crippen LogP contribution in [0.25, 0.3) is 0 Å². The van der Waals surface area contributed by atoms with Gasteiger partial charge in [-0.2, -0.15) is 0 Å². The number of carbonyl (C=O) groups excluding carboxylic acids is 7. The van der Waals surface area contributed by atoms with Crippen LogP contribution in [0.2, 0.25) is 0 Å². The third-order valence-electron chi connectivity index (χ3n) is 6.80. The van der Waals surface area contributed by atoms with Gasteiger partial charge >= 0.3 is 5.97 Å². The highest BCUT2D eigenvalue weighted by Gasteiger charge is 2.30. The standard InChI is InChI=1S/C29H45N9O10/c30-11-5-4-8-18(27(45)38-21(15-39)29(47)48)35-24(42)14-34-26(44)20(13-23(33)41)37-28(46)19(9-10-22(32)40)36-25(43)17(31)12-16-6-2-1-3-7-16/h1-3,6-7,17-21,39H,4-5,8-15,30-31H2,(H2,32,40)(H2,33,41)(H,34,44)(H,35,42)(H,36,43)(H,37,46)(H,38,45)(H,47,48)/t17-,18-,19-,20-,21-/m0/s1.